The summed E-state index contributed by atoms with van der Waals surface area (Å²) in [6.07, 6.45) is 6.97. The summed E-state index contributed by atoms with van der Waals surface area (Å²) in [5.74, 6) is 1.24. The number of likely N-dealkylation sites (tertiary alicyclic amines) is 1. The van der Waals surface area contributed by atoms with E-state index in [1.54, 1.807) is 13.3 Å². The highest BCUT2D eigenvalue weighted by Crippen LogP contribution is 2.28. The smallest absolute Gasteiger partial charge is 0.222 e. The van der Waals surface area contributed by atoms with Crippen LogP contribution in [0.5, 0.6) is 5.75 Å². The average molecular weight is 402 g/mol. The summed E-state index contributed by atoms with van der Waals surface area (Å²) >= 11 is 0. The molecule has 30 heavy (non-hydrogen) atoms. The minimum Gasteiger partial charge on any atom is -0.497 e. The fraction of sp³-hybridized carbons (Fsp3) is 0.320. The van der Waals surface area contributed by atoms with Crippen molar-refractivity contribution in [1.82, 2.24) is 14.9 Å². The summed E-state index contributed by atoms with van der Waals surface area (Å²) in [6.45, 7) is 1.54. The van der Waals surface area contributed by atoms with Crippen molar-refractivity contribution >= 4 is 5.91 Å². The first kappa shape index (κ1) is 20.1. The quantitative estimate of drug-likeness (QED) is 0.611. The predicted octanol–water partition coefficient (Wildman–Crippen LogP) is 4.49. The number of methoxy groups -OCH3 is 1. The minimum absolute atomic E-state index is 0.220. The predicted molar refractivity (Wildman–Crippen MR) is 117 cm³/mol. The molecule has 2 heterocycles. The molecule has 1 saturated heterocycles. The van der Waals surface area contributed by atoms with E-state index in [0.717, 1.165) is 48.5 Å². The number of piperidine rings is 1. The molecule has 0 N–H and O–H groups in total. The van der Waals surface area contributed by atoms with Crippen molar-refractivity contribution < 1.29 is 9.53 Å². The van der Waals surface area contributed by atoms with E-state index in [2.05, 4.69) is 17.1 Å². The number of carbonyl (C=O) groups is 1. The number of aryl methyl sites for hydroxylation is 1. The maximum absolute atomic E-state index is 12.8. The van der Waals surface area contributed by atoms with Gasteiger partial charge in [-0.2, -0.15) is 0 Å². The van der Waals surface area contributed by atoms with Gasteiger partial charge < -0.3 is 9.64 Å². The molecule has 1 amide bonds. The zero-order chi connectivity index (χ0) is 20.8. The van der Waals surface area contributed by atoms with Crippen molar-refractivity contribution in [3.63, 3.8) is 0 Å². The van der Waals surface area contributed by atoms with E-state index in [4.69, 9.17) is 9.72 Å². The first-order chi connectivity index (χ1) is 14.7. The number of hydrogen-bond acceptors (Lipinski definition) is 4. The van der Waals surface area contributed by atoms with E-state index >= 15 is 0 Å². The molecule has 0 aliphatic carbocycles. The normalized spacial score (nSPS) is 16.3. The van der Waals surface area contributed by atoms with Crippen molar-refractivity contribution in [2.24, 2.45) is 0 Å². The van der Waals surface area contributed by atoms with E-state index in [1.165, 1.54) is 5.56 Å². The third kappa shape index (κ3) is 4.85. The second-order valence-electron chi connectivity index (χ2n) is 7.73. The monoisotopic (exact) mass is 401 g/mol. The van der Waals surface area contributed by atoms with E-state index in [0.29, 0.717) is 13.0 Å². The number of amides is 1. The van der Waals surface area contributed by atoms with Crippen LogP contribution in [-0.2, 0) is 11.2 Å². The Kier molecular flexibility index (Phi) is 6.38. The molecule has 1 aliphatic rings. The summed E-state index contributed by atoms with van der Waals surface area (Å²) < 4.78 is 5.33. The van der Waals surface area contributed by atoms with E-state index in [9.17, 15) is 4.79 Å². The van der Waals surface area contributed by atoms with Crippen LogP contribution >= 0.6 is 0 Å². The van der Waals surface area contributed by atoms with Gasteiger partial charge in [0.25, 0.3) is 0 Å². The van der Waals surface area contributed by atoms with Gasteiger partial charge in [0.15, 0.2) is 0 Å². The number of benzene rings is 2. The van der Waals surface area contributed by atoms with Gasteiger partial charge in [0.1, 0.15) is 5.75 Å². The fourth-order valence-corrected chi connectivity index (χ4v) is 4.00. The van der Waals surface area contributed by atoms with E-state index < -0.39 is 0 Å². The zero-order valence-electron chi connectivity index (χ0n) is 17.3. The third-order valence-corrected chi connectivity index (χ3v) is 5.68. The molecule has 1 atom stereocenters. The van der Waals surface area contributed by atoms with Gasteiger partial charge in [-0.1, -0.05) is 42.5 Å². The van der Waals surface area contributed by atoms with Gasteiger partial charge in [0.05, 0.1) is 24.7 Å². The lowest BCUT2D eigenvalue weighted by Crippen LogP contribution is -2.39. The molecule has 2 aromatic carbocycles. The van der Waals surface area contributed by atoms with Crippen molar-refractivity contribution in [3.05, 3.63) is 78.2 Å². The van der Waals surface area contributed by atoms with Crippen LogP contribution in [-0.4, -0.2) is 41.0 Å². The van der Waals surface area contributed by atoms with Crippen LogP contribution in [0.2, 0.25) is 0 Å². The van der Waals surface area contributed by atoms with Crippen molar-refractivity contribution in [1.29, 1.82) is 0 Å². The van der Waals surface area contributed by atoms with Crippen LogP contribution in [0.1, 0.15) is 36.4 Å². The first-order valence-electron chi connectivity index (χ1n) is 10.5. The highest BCUT2D eigenvalue weighted by Gasteiger charge is 2.26. The lowest BCUT2D eigenvalue weighted by molar-refractivity contribution is -0.132. The summed E-state index contributed by atoms with van der Waals surface area (Å²) in [4.78, 5) is 24.1. The van der Waals surface area contributed by atoms with Crippen LogP contribution in [0.15, 0.2) is 67.0 Å². The van der Waals surface area contributed by atoms with Crippen molar-refractivity contribution in [3.8, 4) is 17.0 Å². The highest BCUT2D eigenvalue weighted by molar-refractivity contribution is 5.76. The average Bonchev–Trinajstić information content (AvgIpc) is 2.83. The van der Waals surface area contributed by atoms with Gasteiger partial charge in [-0.3, -0.25) is 9.78 Å². The number of nitrogens with zero attached hydrogens (tertiary/aromatic N) is 3. The molecule has 0 radical (unpaired) electrons. The molecule has 0 bridgehead atoms. The molecule has 3 aromatic rings. The molecule has 0 spiro atoms. The summed E-state index contributed by atoms with van der Waals surface area (Å²) in [5.41, 5.74) is 3.97. The Hall–Kier alpha value is -3.21. The van der Waals surface area contributed by atoms with E-state index in [1.807, 2.05) is 53.6 Å². The number of carbonyl (C=O) groups excluding carboxylic acids is 1. The number of rotatable bonds is 6. The Balaban J connectivity index is 1.43. The molecule has 5 heteroatoms. The SMILES string of the molecule is COc1cccc(-c2cncc([C@@H]3CCCN(C(=O)CCc4ccccc4)C3)n2)c1. The molecule has 1 fully saturated rings. The maximum Gasteiger partial charge on any atom is 0.222 e. The Morgan fingerprint density at radius 3 is 2.83 bits per heavy atom. The topological polar surface area (TPSA) is 55.3 Å². The van der Waals surface area contributed by atoms with Gasteiger partial charge >= 0.3 is 0 Å². The summed E-state index contributed by atoms with van der Waals surface area (Å²) in [7, 11) is 1.66. The summed E-state index contributed by atoms with van der Waals surface area (Å²) in [5, 5.41) is 0. The molecule has 154 valence electrons. The number of hydrogen-bond donors (Lipinski definition) is 0. The molecular formula is C25H27N3O2. The molecule has 4 rings (SSSR count). The second-order valence-corrected chi connectivity index (χ2v) is 7.73. The molecule has 5 nitrogen and oxygen atoms in total. The summed E-state index contributed by atoms with van der Waals surface area (Å²) in [6, 6.07) is 18.0. The Morgan fingerprint density at radius 2 is 2.00 bits per heavy atom. The molecule has 1 aromatic heterocycles. The fourth-order valence-electron chi connectivity index (χ4n) is 4.00. The van der Waals surface area contributed by atoms with Crippen molar-refractivity contribution in [2.75, 3.05) is 20.2 Å². The minimum atomic E-state index is 0.220. The van der Waals surface area contributed by atoms with Crippen LogP contribution in [0, 0.1) is 0 Å². The number of ether oxygens (including phenoxy) is 1. The third-order valence-electron chi connectivity index (χ3n) is 5.68. The van der Waals surface area contributed by atoms with Gasteiger partial charge in [-0.25, -0.2) is 4.98 Å². The Morgan fingerprint density at radius 1 is 1.13 bits per heavy atom. The van der Waals surface area contributed by atoms with Gasteiger partial charge in [-0.15, -0.1) is 0 Å². The van der Waals surface area contributed by atoms with Crippen LogP contribution in [0.3, 0.4) is 0 Å². The van der Waals surface area contributed by atoms with Crippen LogP contribution < -0.4 is 4.74 Å². The van der Waals surface area contributed by atoms with Gasteiger partial charge in [0.2, 0.25) is 5.91 Å². The standard InChI is InChI=1S/C25H27N3O2/c1-30-22-11-5-9-20(15-22)23-16-26-17-24(27-23)21-10-6-14-28(18-21)25(29)13-12-19-7-3-2-4-8-19/h2-5,7-9,11,15-17,21H,6,10,12-14,18H2,1H3/t21-/m1/s1. The molecular weight excluding hydrogens is 374 g/mol. The van der Waals surface area contributed by atoms with Crippen LogP contribution in [0.4, 0.5) is 0 Å². The Bertz CT molecular complexity index is 990. The zero-order valence-corrected chi connectivity index (χ0v) is 17.3. The van der Waals surface area contributed by atoms with Crippen LogP contribution in [0.25, 0.3) is 11.3 Å². The van der Waals surface area contributed by atoms with Gasteiger partial charge in [0, 0.05) is 37.2 Å². The number of aromatic nitrogens is 2. The van der Waals surface area contributed by atoms with E-state index in [-0.39, 0.29) is 11.8 Å². The van der Waals surface area contributed by atoms with Crippen molar-refractivity contribution in [2.45, 2.75) is 31.6 Å². The lowest BCUT2D eigenvalue weighted by atomic mass is 9.94. The lowest BCUT2D eigenvalue weighted by Gasteiger charge is -2.32. The molecule has 1 aliphatic heterocycles. The highest BCUT2D eigenvalue weighted by atomic mass is 16.5. The molecule has 0 unspecified atom stereocenters. The van der Waals surface area contributed by atoms with Gasteiger partial charge in [-0.05, 0) is 37.0 Å². The largest absolute Gasteiger partial charge is 0.497 e. The maximum atomic E-state index is 12.8. The molecule has 0 saturated carbocycles. The second kappa shape index (κ2) is 9.53. The Labute approximate surface area is 177 Å². The first-order valence-corrected chi connectivity index (χ1v) is 10.5.